The molecule has 0 spiro atoms. The highest BCUT2D eigenvalue weighted by Crippen LogP contribution is 2.23. The molecule has 1 aromatic carbocycles. The van der Waals surface area contributed by atoms with E-state index in [1.54, 1.807) is 12.1 Å². The Morgan fingerprint density at radius 2 is 2.13 bits per heavy atom. The third-order valence-electron chi connectivity index (χ3n) is 2.30. The van der Waals surface area contributed by atoms with Crippen LogP contribution in [0.25, 0.3) is 0 Å². The summed E-state index contributed by atoms with van der Waals surface area (Å²) in [4.78, 5) is 12.9. The summed E-state index contributed by atoms with van der Waals surface area (Å²) in [6.45, 7) is 0.778. The Bertz CT molecular complexity index is 363. The highest BCUT2D eigenvalue weighted by Gasteiger charge is 2.31. The smallest absolute Gasteiger partial charge is 0.414 e. The number of benzene rings is 1. The van der Waals surface area contributed by atoms with Crippen LogP contribution in [0.5, 0.6) is 5.75 Å². The Hall–Kier alpha value is -1.75. The Labute approximate surface area is 87.1 Å². The van der Waals surface area contributed by atoms with Gasteiger partial charge in [-0.15, -0.1) is 0 Å². The molecule has 2 rings (SSSR count). The molecule has 1 fully saturated rings. The molecule has 1 aliphatic heterocycles. The first-order valence-electron chi connectivity index (χ1n) is 4.68. The Kier molecular flexibility index (Phi) is 2.47. The molecule has 0 saturated carbocycles. The number of ether oxygens (including phenoxy) is 1. The molecule has 0 bridgehead atoms. The highest BCUT2D eigenvalue weighted by molar-refractivity contribution is 5.89. The molecule has 0 unspecified atom stereocenters. The van der Waals surface area contributed by atoms with Crippen molar-refractivity contribution >= 4 is 11.8 Å². The van der Waals surface area contributed by atoms with Crippen LogP contribution in [0.2, 0.25) is 0 Å². The van der Waals surface area contributed by atoms with Gasteiger partial charge in [-0.2, -0.15) is 0 Å². The molecule has 5 nitrogen and oxygen atoms in total. The van der Waals surface area contributed by atoms with E-state index in [4.69, 9.17) is 15.6 Å². The first-order chi connectivity index (χ1) is 7.20. The van der Waals surface area contributed by atoms with Crippen molar-refractivity contribution in [1.29, 1.82) is 0 Å². The van der Waals surface area contributed by atoms with E-state index in [0.717, 1.165) is 0 Å². The monoisotopic (exact) mass is 208 g/mol. The molecule has 80 valence electrons. The first-order valence-corrected chi connectivity index (χ1v) is 4.68. The average Bonchev–Trinajstić information content (AvgIpc) is 2.61. The number of aromatic hydroxyl groups is 1. The van der Waals surface area contributed by atoms with E-state index in [-0.39, 0.29) is 11.9 Å². The van der Waals surface area contributed by atoms with Gasteiger partial charge in [-0.05, 0) is 24.3 Å². The number of amides is 1. The fraction of sp³-hybridized carbons (Fsp3) is 0.300. The van der Waals surface area contributed by atoms with Gasteiger partial charge in [-0.3, -0.25) is 4.90 Å². The highest BCUT2D eigenvalue weighted by atomic mass is 16.6. The van der Waals surface area contributed by atoms with Crippen molar-refractivity contribution in [2.24, 2.45) is 5.73 Å². The van der Waals surface area contributed by atoms with Crippen molar-refractivity contribution in [2.45, 2.75) is 6.10 Å². The van der Waals surface area contributed by atoms with Crippen LogP contribution in [0.15, 0.2) is 24.3 Å². The zero-order valence-electron chi connectivity index (χ0n) is 8.09. The molecule has 1 aliphatic rings. The van der Waals surface area contributed by atoms with Gasteiger partial charge >= 0.3 is 6.09 Å². The number of anilines is 1. The topological polar surface area (TPSA) is 75.8 Å². The van der Waals surface area contributed by atoms with Crippen LogP contribution in [0.1, 0.15) is 0 Å². The maximum absolute atomic E-state index is 11.4. The van der Waals surface area contributed by atoms with Crippen LogP contribution in [0.4, 0.5) is 10.5 Å². The van der Waals surface area contributed by atoms with Crippen molar-refractivity contribution in [1.82, 2.24) is 0 Å². The lowest BCUT2D eigenvalue weighted by molar-refractivity contribution is 0.145. The third-order valence-corrected chi connectivity index (χ3v) is 2.30. The largest absolute Gasteiger partial charge is 0.508 e. The van der Waals surface area contributed by atoms with E-state index in [1.165, 1.54) is 17.0 Å². The molecule has 1 heterocycles. The Balaban J connectivity index is 2.18. The minimum atomic E-state index is -0.392. The van der Waals surface area contributed by atoms with Crippen molar-refractivity contribution in [2.75, 3.05) is 18.0 Å². The van der Waals surface area contributed by atoms with Gasteiger partial charge in [-0.1, -0.05) is 0 Å². The van der Waals surface area contributed by atoms with Crippen molar-refractivity contribution in [3.8, 4) is 5.75 Å². The average molecular weight is 208 g/mol. The van der Waals surface area contributed by atoms with E-state index >= 15 is 0 Å². The molecule has 1 atom stereocenters. The van der Waals surface area contributed by atoms with Crippen LogP contribution in [-0.4, -0.2) is 30.4 Å². The Morgan fingerprint density at radius 1 is 1.47 bits per heavy atom. The number of nitrogens with zero attached hydrogens (tertiary/aromatic N) is 1. The molecule has 1 amide bonds. The van der Waals surface area contributed by atoms with Crippen LogP contribution >= 0.6 is 0 Å². The lowest BCUT2D eigenvalue weighted by Gasteiger charge is -2.12. The number of phenols is 1. The van der Waals surface area contributed by atoms with Gasteiger partial charge in [0.15, 0.2) is 0 Å². The minimum absolute atomic E-state index is 0.168. The van der Waals surface area contributed by atoms with Gasteiger partial charge in [0, 0.05) is 12.2 Å². The van der Waals surface area contributed by atoms with E-state index in [9.17, 15) is 4.79 Å². The van der Waals surface area contributed by atoms with E-state index < -0.39 is 6.09 Å². The van der Waals surface area contributed by atoms with E-state index in [0.29, 0.717) is 18.8 Å². The predicted octanol–water partition coefficient (Wildman–Crippen LogP) is 0.676. The number of nitrogens with two attached hydrogens (primary N) is 1. The second-order valence-electron chi connectivity index (χ2n) is 3.37. The summed E-state index contributed by atoms with van der Waals surface area (Å²) in [5.41, 5.74) is 6.12. The minimum Gasteiger partial charge on any atom is -0.508 e. The van der Waals surface area contributed by atoms with Gasteiger partial charge in [0.25, 0.3) is 0 Å². The molecular formula is C10H12N2O3. The quantitative estimate of drug-likeness (QED) is 0.749. The van der Waals surface area contributed by atoms with E-state index in [2.05, 4.69) is 0 Å². The fourth-order valence-electron chi connectivity index (χ4n) is 1.49. The summed E-state index contributed by atoms with van der Waals surface area (Å²) in [6, 6.07) is 6.38. The second kappa shape index (κ2) is 3.78. The number of rotatable bonds is 2. The van der Waals surface area contributed by atoms with Crippen LogP contribution in [0, 0.1) is 0 Å². The standard InChI is InChI=1S/C10H12N2O3/c11-5-9-6-12(10(14)15-9)7-1-3-8(13)4-2-7/h1-4,9,13H,5-6,11H2/t9-/m0/s1. The van der Waals surface area contributed by atoms with Crippen LogP contribution in [-0.2, 0) is 4.74 Å². The molecule has 1 saturated heterocycles. The lowest BCUT2D eigenvalue weighted by atomic mass is 10.2. The van der Waals surface area contributed by atoms with Gasteiger partial charge in [0.05, 0.1) is 6.54 Å². The van der Waals surface area contributed by atoms with Crippen LogP contribution < -0.4 is 10.6 Å². The van der Waals surface area contributed by atoms with E-state index in [1.807, 2.05) is 0 Å². The summed E-state index contributed by atoms with van der Waals surface area (Å²) in [6.07, 6.45) is -0.637. The summed E-state index contributed by atoms with van der Waals surface area (Å²) in [7, 11) is 0. The summed E-state index contributed by atoms with van der Waals surface area (Å²) >= 11 is 0. The summed E-state index contributed by atoms with van der Waals surface area (Å²) < 4.78 is 5.01. The number of hydrogen-bond acceptors (Lipinski definition) is 4. The zero-order valence-corrected chi connectivity index (χ0v) is 8.09. The first kappa shape index (κ1) is 9.79. The van der Waals surface area contributed by atoms with Gasteiger partial charge in [-0.25, -0.2) is 4.79 Å². The normalized spacial score (nSPS) is 20.5. The SMILES string of the molecule is NC[C@H]1CN(c2ccc(O)cc2)C(=O)O1. The molecule has 0 radical (unpaired) electrons. The number of hydrogen-bond donors (Lipinski definition) is 2. The number of carbonyl (C=O) groups excluding carboxylic acids is 1. The maximum Gasteiger partial charge on any atom is 0.414 e. The van der Waals surface area contributed by atoms with Crippen molar-refractivity contribution < 1.29 is 14.6 Å². The number of cyclic esters (lactones) is 1. The molecule has 1 aromatic rings. The molecule has 0 aromatic heterocycles. The fourth-order valence-corrected chi connectivity index (χ4v) is 1.49. The molecular weight excluding hydrogens is 196 g/mol. The zero-order chi connectivity index (χ0) is 10.8. The molecule has 5 heteroatoms. The number of carbonyl (C=O) groups is 1. The predicted molar refractivity (Wildman–Crippen MR) is 54.8 cm³/mol. The molecule has 15 heavy (non-hydrogen) atoms. The maximum atomic E-state index is 11.4. The van der Waals surface area contributed by atoms with Gasteiger partial charge in [0.2, 0.25) is 0 Å². The van der Waals surface area contributed by atoms with Gasteiger partial charge in [0.1, 0.15) is 11.9 Å². The van der Waals surface area contributed by atoms with Crippen LogP contribution in [0.3, 0.4) is 0 Å². The molecule has 3 N–H and O–H groups in total. The summed E-state index contributed by atoms with van der Waals surface area (Å²) in [5, 5.41) is 9.11. The Morgan fingerprint density at radius 3 is 2.67 bits per heavy atom. The lowest BCUT2D eigenvalue weighted by Crippen LogP contribution is -2.27. The summed E-state index contributed by atoms with van der Waals surface area (Å²) in [5.74, 6) is 0.168. The molecule has 0 aliphatic carbocycles. The third kappa shape index (κ3) is 1.87. The van der Waals surface area contributed by atoms with Crippen molar-refractivity contribution in [3.05, 3.63) is 24.3 Å². The number of phenolic OH excluding ortho intramolecular Hbond substituents is 1. The van der Waals surface area contributed by atoms with Gasteiger partial charge < -0.3 is 15.6 Å². The second-order valence-corrected chi connectivity index (χ2v) is 3.37. The van der Waals surface area contributed by atoms with Crippen molar-refractivity contribution in [3.63, 3.8) is 0 Å².